The van der Waals surface area contributed by atoms with Gasteiger partial charge in [-0.3, -0.25) is 25.3 Å². The predicted molar refractivity (Wildman–Crippen MR) is 127 cm³/mol. The van der Waals surface area contributed by atoms with Gasteiger partial charge in [0.25, 0.3) is 11.6 Å². The van der Waals surface area contributed by atoms with Crippen molar-refractivity contribution >= 4 is 40.5 Å². The molecule has 0 fully saturated rings. The topological polar surface area (TPSA) is 118 Å². The maximum Gasteiger partial charge on any atom is 0.272 e. The van der Waals surface area contributed by atoms with Crippen molar-refractivity contribution in [2.45, 2.75) is 6.54 Å². The highest BCUT2D eigenvalue weighted by Crippen LogP contribution is 2.35. The van der Waals surface area contributed by atoms with Crippen LogP contribution in [0.1, 0.15) is 21.5 Å². The number of carbonyl (C=O) groups is 1. The summed E-state index contributed by atoms with van der Waals surface area (Å²) in [5, 5.41) is 22.6. The molecule has 0 heterocycles. The standard InChI is InChI=1S/C23H18Cl2N4O5/c1-33-20-10-15(12-26)19(11-21(20)34-2)28(13-14-5-3-6-16(9-14)29(31)32)27-23(30)22-17(24)7-4-8-18(22)25/h3-11H,13H2,1-2H3,(H,27,30). The first-order chi connectivity index (χ1) is 16.3. The summed E-state index contributed by atoms with van der Waals surface area (Å²) in [6.45, 7) is -0.0281. The Hall–Kier alpha value is -4.00. The highest BCUT2D eigenvalue weighted by Gasteiger charge is 2.22. The molecule has 9 nitrogen and oxygen atoms in total. The van der Waals surface area contributed by atoms with E-state index in [1.54, 1.807) is 12.1 Å². The molecule has 34 heavy (non-hydrogen) atoms. The number of benzene rings is 3. The zero-order valence-corrected chi connectivity index (χ0v) is 19.6. The lowest BCUT2D eigenvalue weighted by Crippen LogP contribution is -2.42. The molecule has 0 aliphatic carbocycles. The van der Waals surface area contributed by atoms with Gasteiger partial charge < -0.3 is 9.47 Å². The van der Waals surface area contributed by atoms with E-state index in [2.05, 4.69) is 11.5 Å². The monoisotopic (exact) mass is 500 g/mol. The summed E-state index contributed by atoms with van der Waals surface area (Å²) in [5.41, 5.74) is 3.54. The predicted octanol–water partition coefficient (Wildman–Crippen LogP) is 5.14. The van der Waals surface area contributed by atoms with Crippen LogP contribution in [0, 0.1) is 21.4 Å². The van der Waals surface area contributed by atoms with Gasteiger partial charge in [0.15, 0.2) is 11.5 Å². The third kappa shape index (κ3) is 5.31. The van der Waals surface area contributed by atoms with Crippen molar-refractivity contribution in [3.63, 3.8) is 0 Å². The van der Waals surface area contributed by atoms with Gasteiger partial charge in [-0.05, 0) is 17.7 Å². The lowest BCUT2D eigenvalue weighted by molar-refractivity contribution is -0.384. The number of nitro groups is 1. The molecule has 0 aliphatic heterocycles. The van der Waals surface area contributed by atoms with Crippen LogP contribution in [0.5, 0.6) is 11.5 Å². The Morgan fingerprint density at radius 3 is 2.29 bits per heavy atom. The molecule has 3 aromatic carbocycles. The Labute approximate surface area is 205 Å². The number of hydrogen-bond donors (Lipinski definition) is 1. The molecule has 0 aromatic heterocycles. The number of nitrogens with zero attached hydrogens (tertiary/aromatic N) is 3. The van der Waals surface area contributed by atoms with Crippen LogP contribution in [0.15, 0.2) is 54.6 Å². The first-order valence-electron chi connectivity index (χ1n) is 9.71. The second kappa shape index (κ2) is 10.7. The summed E-state index contributed by atoms with van der Waals surface area (Å²) in [7, 11) is 2.86. The molecule has 174 valence electrons. The smallest absolute Gasteiger partial charge is 0.272 e. The molecular formula is C23H18Cl2N4O5. The first-order valence-corrected chi connectivity index (χ1v) is 10.5. The molecule has 0 spiro atoms. The Morgan fingerprint density at radius 1 is 1.09 bits per heavy atom. The van der Waals surface area contributed by atoms with Crippen molar-refractivity contribution in [2.75, 3.05) is 19.2 Å². The summed E-state index contributed by atoms with van der Waals surface area (Å²) in [4.78, 5) is 23.8. The highest BCUT2D eigenvalue weighted by molar-refractivity contribution is 6.39. The normalized spacial score (nSPS) is 10.2. The molecule has 0 unspecified atom stereocenters. The Bertz CT molecular complexity index is 1270. The lowest BCUT2D eigenvalue weighted by Gasteiger charge is -2.27. The number of hydrogen-bond acceptors (Lipinski definition) is 7. The zero-order valence-electron chi connectivity index (χ0n) is 18.0. The van der Waals surface area contributed by atoms with E-state index in [4.69, 9.17) is 32.7 Å². The van der Waals surface area contributed by atoms with Gasteiger partial charge in [0, 0.05) is 24.3 Å². The lowest BCUT2D eigenvalue weighted by atomic mass is 10.1. The van der Waals surface area contributed by atoms with Crippen LogP contribution in [0.2, 0.25) is 10.0 Å². The van der Waals surface area contributed by atoms with Crippen molar-refractivity contribution in [3.05, 3.63) is 91.4 Å². The third-order valence-electron chi connectivity index (χ3n) is 4.80. The molecule has 1 amide bonds. The maximum absolute atomic E-state index is 13.1. The number of rotatable bonds is 8. The van der Waals surface area contributed by atoms with E-state index in [-0.39, 0.29) is 39.1 Å². The minimum Gasteiger partial charge on any atom is -0.493 e. The second-order valence-corrected chi connectivity index (χ2v) is 7.70. The van der Waals surface area contributed by atoms with Gasteiger partial charge in [0.2, 0.25) is 0 Å². The van der Waals surface area contributed by atoms with E-state index in [0.717, 1.165) is 0 Å². The summed E-state index contributed by atoms with van der Waals surface area (Å²) < 4.78 is 10.6. The molecule has 0 saturated heterocycles. The summed E-state index contributed by atoms with van der Waals surface area (Å²) in [5.74, 6) is -0.0103. The molecular weight excluding hydrogens is 483 g/mol. The first kappa shape index (κ1) is 24.6. The molecule has 0 bridgehead atoms. The van der Waals surface area contributed by atoms with Gasteiger partial charge in [-0.1, -0.05) is 41.4 Å². The van der Waals surface area contributed by atoms with Crippen molar-refractivity contribution in [3.8, 4) is 17.6 Å². The zero-order chi connectivity index (χ0) is 24.8. The maximum atomic E-state index is 13.1. The average Bonchev–Trinajstić information content (AvgIpc) is 2.82. The van der Waals surface area contributed by atoms with Crippen LogP contribution in [-0.4, -0.2) is 25.1 Å². The van der Waals surface area contributed by atoms with E-state index in [1.807, 2.05) is 0 Å². The average molecular weight is 501 g/mol. The number of nitriles is 1. The molecule has 0 aliphatic rings. The Balaban J connectivity index is 2.11. The van der Waals surface area contributed by atoms with Crippen molar-refractivity contribution in [1.82, 2.24) is 5.43 Å². The number of methoxy groups -OCH3 is 2. The van der Waals surface area contributed by atoms with Crippen LogP contribution in [0.4, 0.5) is 11.4 Å². The number of carbonyl (C=O) groups excluding carboxylic acids is 1. The van der Waals surface area contributed by atoms with Gasteiger partial charge in [-0.2, -0.15) is 5.26 Å². The van der Waals surface area contributed by atoms with E-state index in [1.165, 1.54) is 61.7 Å². The summed E-state index contributed by atoms with van der Waals surface area (Å²) in [6, 6.07) is 15.6. The number of hydrazine groups is 1. The minimum atomic E-state index is -0.639. The van der Waals surface area contributed by atoms with Crippen LogP contribution in [0.3, 0.4) is 0 Å². The number of non-ortho nitro benzene ring substituents is 1. The number of nitrogens with one attached hydrogen (secondary N) is 1. The molecule has 1 N–H and O–H groups in total. The SMILES string of the molecule is COc1cc(C#N)c(N(Cc2cccc([N+](=O)[O-])c2)NC(=O)c2c(Cl)cccc2Cl)cc1OC. The Morgan fingerprint density at radius 2 is 1.71 bits per heavy atom. The van der Waals surface area contributed by atoms with Gasteiger partial charge >= 0.3 is 0 Å². The Kier molecular flexibility index (Phi) is 7.79. The largest absolute Gasteiger partial charge is 0.493 e. The number of nitro benzene ring substituents is 1. The van der Waals surface area contributed by atoms with E-state index in [0.29, 0.717) is 17.1 Å². The number of anilines is 1. The molecule has 0 atom stereocenters. The fraction of sp³-hybridized carbons (Fsp3) is 0.130. The van der Waals surface area contributed by atoms with Gasteiger partial charge in [-0.15, -0.1) is 0 Å². The van der Waals surface area contributed by atoms with Crippen LogP contribution in [-0.2, 0) is 6.54 Å². The van der Waals surface area contributed by atoms with Crippen molar-refractivity contribution < 1.29 is 19.2 Å². The molecule has 3 aromatic rings. The number of amides is 1. The number of ether oxygens (including phenoxy) is 2. The molecule has 11 heteroatoms. The second-order valence-electron chi connectivity index (χ2n) is 6.89. The van der Waals surface area contributed by atoms with E-state index in [9.17, 15) is 20.2 Å². The van der Waals surface area contributed by atoms with E-state index < -0.39 is 10.8 Å². The van der Waals surface area contributed by atoms with Crippen LogP contribution < -0.4 is 19.9 Å². The van der Waals surface area contributed by atoms with Gasteiger partial charge in [-0.25, -0.2) is 0 Å². The number of halogens is 2. The van der Waals surface area contributed by atoms with Gasteiger partial charge in [0.05, 0.1) is 52.5 Å². The fourth-order valence-corrected chi connectivity index (χ4v) is 3.78. The van der Waals surface area contributed by atoms with Crippen molar-refractivity contribution in [2.24, 2.45) is 0 Å². The quantitative estimate of drug-likeness (QED) is 0.335. The van der Waals surface area contributed by atoms with Gasteiger partial charge in [0.1, 0.15) is 6.07 Å². The van der Waals surface area contributed by atoms with Crippen LogP contribution in [0.25, 0.3) is 0 Å². The fourth-order valence-electron chi connectivity index (χ4n) is 3.21. The van der Waals surface area contributed by atoms with E-state index >= 15 is 0 Å². The molecule has 0 saturated carbocycles. The molecule has 0 radical (unpaired) electrons. The van der Waals surface area contributed by atoms with Crippen LogP contribution >= 0.6 is 23.2 Å². The highest BCUT2D eigenvalue weighted by atomic mass is 35.5. The minimum absolute atomic E-state index is 0.0281. The summed E-state index contributed by atoms with van der Waals surface area (Å²) in [6.07, 6.45) is 0. The summed E-state index contributed by atoms with van der Waals surface area (Å²) >= 11 is 12.4. The van der Waals surface area contributed by atoms with Crippen molar-refractivity contribution in [1.29, 1.82) is 5.26 Å². The molecule has 3 rings (SSSR count). The third-order valence-corrected chi connectivity index (χ3v) is 5.43.